The van der Waals surface area contributed by atoms with Crippen molar-refractivity contribution in [3.63, 3.8) is 0 Å². The van der Waals surface area contributed by atoms with Gasteiger partial charge in [0.15, 0.2) is 15.8 Å². The fourth-order valence-corrected chi connectivity index (χ4v) is 3.54. The third-order valence-electron chi connectivity index (χ3n) is 4.27. The molecule has 158 valence electrons. The lowest BCUT2D eigenvalue weighted by molar-refractivity contribution is 0.0931. The summed E-state index contributed by atoms with van der Waals surface area (Å²) in [5.74, 6) is 1.13. The maximum atomic E-state index is 11.4. The minimum absolute atomic E-state index is 0.0637. The van der Waals surface area contributed by atoms with Crippen molar-refractivity contribution in [2.75, 3.05) is 26.5 Å². The summed E-state index contributed by atoms with van der Waals surface area (Å²) in [4.78, 5) is 4.24. The highest BCUT2D eigenvalue weighted by Crippen LogP contribution is 2.08. The summed E-state index contributed by atoms with van der Waals surface area (Å²) in [7, 11) is -1.28. The van der Waals surface area contributed by atoms with Crippen LogP contribution in [0.5, 0.6) is 0 Å². The number of nitrogens with one attached hydrogen (secondary N) is 2. The molecule has 7 heteroatoms. The highest BCUT2D eigenvalue weighted by atomic mass is 32.2. The van der Waals surface area contributed by atoms with Gasteiger partial charge >= 0.3 is 0 Å². The van der Waals surface area contributed by atoms with Gasteiger partial charge in [-0.2, -0.15) is 0 Å². The molecule has 2 aromatic rings. The number of hydrogen-bond acceptors (Lipinski definition) is 4. The smallest absolute Gasteiger partial charge is 0.191 e. The van der Waals surface area contributed by atoms with E-state index >= 15 is 0 Å². The van der Waals surface area contributed by atoms with Crippen molar-refractivity contribution in [3.05, 3.63) is 71.3 Å². The van der Waals surface area contributed by atoms with E-state index in [9.17, 15) is 8.42 Å². The molecule has 0 fully saturated rings. The number of hydrogen-bond donors (Lipinski definition) is 2. The lowest BCUT2D eigenvalue weighted by atomic mass is 10.1. The molecule has 29 heavy (non-hydrogen) atoms. The predicted molar refractivity (Wildman–Crippen MR) is 118 cm³/mol. The van der Waals surface area contributed by atoms with Crippen LogP contribution in [0, 0.1) is 5.92 Å². The number of ether oxygens (including phenoxy) is 1. The molecule has 0 spiro atoms. The maximum Gasteiger partial charge on any atom is 0.191 e. The monoisotopic (exact) mass is 417 g/mol. The Labute approximate surface area is 174 Å². The van der Waals surface area contributed by atoms with Gasteiger partial charge in [-0.15, -0.1) is 0 Å². The van der Waals surface area contributed by atoms with E-state index in [2.05, 4.69) is 34.7 Å². The molecule has 0 heterocycles. The zero-order valence-corrected chi connectivity index (χ0v) is 18.2. The van der Waals surface area contributed by atoms with Gasteiger partial charge in [0.05, 0.1) is 19.0 Å². The van der Waals surface area contributed by atoms with E-state index in [0.29, 0.717) is 25.7 Å². The highest BCUT2D eigenvalue weighted by molar-refractivity contribution is 7.89. The molecule has 0 radical (unpaired) electrons. The van der Waals surface area contributed by atoms with E-state index in [-0.39, 0.29) is 5.75 Å². The second kappa shape index (κ2) is 11.6. The average Bonchev–Trinajstić information content (AvgIpc) is 2.69. The number of nitrogens with zero attached hydrogens (tertiary/aromatic N) is 1. The van der Waals surface area contributed by atoms with E-state index in [4.69, 9.17) is 4.74 Å². The van der Waals surface area contributed by atoms with Crippen molar-refractivity contribution in [1.29, 1.82) is 0 Å². The first-order chi connectivity index (χ1) is 13.9. The number of benzene rings is 2. The molecule has 2 aromatic carbocycles. The van der Waals surface area contributed by atoms with Crippen LogP contribution < -0.4 is 10.6 Å². The molecule has 2 N–H and O–H groups in total. The van der Waals surface area contributed by atoms with E-state index in [1.54, 1.807) is 7.05 Å². The van der Waals surface area contributed by atoms with Crippen LogP contribution in [0.2, 0.25) is 0 Å². The van der Waals surface area contributed by atoms with E-state index in [1.807, 2.05) is 42.5 Å². The van der Waals surface area contributed by atoms with E-state index in [0.717, 1.165) is 23.6 Å². The normalized spacial score (nSPS) is 13.1. The SMILES string of the molecule is CN=C(NCc1ccc(CS(C)(=O)=O)cc1)NCC(C)COCc1ccccc1. The second-order valence-corrected chi connectivity index (χ2v) is 9.44. The number of guanidine groups is 1. The first-order valence-electron chi connectivity index (χ1n) is 9.67. The van der Waals surface area contributed by atoms with Crippen LogP contribution in [0.4, 0.5) is 0 Å². The highest BCUT2D eigenvalue weighted by Gasteiger charge is 2.06. The number of aliphatic imine (C=N–C) groups is 1. The van der Waals surface area contributed by atoms with Gasteiger partial charge in [-0.05, 0) is 22.6 Å². The van der Waals surface area contributed by atoms with Crippen LogP contribution in [0.15, 0.2) is 59.6 Å². The van der Waals surface area contributed by atoms with Crippen LogP contribution in [0.3, 0.4) is 0 Å². The lowest BCUT2D eigenvalue weighted by Gasteiger charge is -2.16. The maximum absolute atomic E-state index is 11.4. The zero-order chi connectivity index (χ0) is 21.1. The largest absolute Gasteiger partial charge is 0.376 e. The van der Waals surface area contributed by atoms with Crippen molar-refractivity contribution in [1.82, 2.24) is 10.6 Å². The molecule has 0 saturated carbocycles. The molecule has 0 aliphatic carbocycles. The average molecular weight is 418 g/mol. The van der Waals surface area contributed by atoms with Crippen LogP contribution in [-0.4, -0.2) is 40.8 Å². The molecule has 1 atom stereocenters. The lowest BCUT2D eigenvalue weighted by Crippen LogP contribution is -2.39. The van der Waals surface area contributed by atoms with E-state index < -0.39 is 9.84 Å². The topological polar surface area (TPSA) is 79.8 Å². The molecule has 0 amide bonds. The van der Waals surface area contributed by atoms with Crippen molar-refractivity contribution >= 4 is 15.8 Å². The first kappa shape index (κ1) is 22.9. The summed E-state index contributed by atoms with van der Waals surface area (Å²) >= 11 is 0. The summed E-state index contributed by atoms with van der Waals surface area (Å²) < 4.78 is 28.5. The first-order valence-corrected chi connectivity index (χ1v) is 11.7. The Bertz CT molecular complexity index is 866. The molecule has 0 aliphatic heterocycles. The number of sulfone groups is 1. The minimum atomic E-state index is -3.01. The fraction of sp³-hybridized carbons (Fsp3) is 0.409. The summed E-state index contributed by atoms with van der Waals surface area (Å²) in [5, 5.41) is 6.58. The van der Waals surface area contributed by atoms with Gasteiger partial charge in [0.1, 0.15) is 0 Å². The summed E-state index contributed by atoms with van der Waals surface area (Å²) in [6, 6.07) is 17.7. The van der Waals surface area contributed by atoms with Crippen molar-refractivity contribution in [2.24, 2.45) is 10.9 Å². The molecule has 1 unspecified atom stereocenters. The predicted octanol–water partition coefficient (Wildman–Crippen LogP) is 2.75. The van der Waals surface area contributed by atoms with Gasteiger partial charge < -0.3 is 15.4 Å². The Morgan fingerprint density at radius 2 is 1.66 bits per heavy atom. The quantitative estimate of drug-likeness (QED) is 0.459. The van der Waals surface area contributed by atoms with Crippen LogP contribution in [0.1, 0.15) is 23.6 Å². The third-order valence-corrected chi connectivity index (χ3v) is 5.12. The molecule has 2 rings (SSSR count). The Morgan fingerprint density at radius 1 is 1.00 bits per heavy atom. The van der Waals surface area contributed by atoms with Crippen LogP contribution >= 0.6 is 0 Å². The standard InChI is InChI=1S/C22H31N3O3S/c1-18(15-28-16-20-7-5-4-6-8-20)13-24-22(23-2)25-14-19-9-11-21(12-10-19)17-29(3,26)27/h4-12,18H,13-17H2,1-3H3,(H2,23,24,25). The number of rotatable bonds is 10. The van der Waals surface area contributed by atoms with Gasteiger partial charge in [0.2, 0.25) is 0 Å². The van der Waals surface area contributed by atoms with Crippen LogP contribution in [0.25, 0.3) is 0 Å². The van der Waals surface area contributed by atoms with Crippen molar-refractivity contribution < 1.29 is 13.2 Å². The molecular formula is C22H31N3O3S. The van der Waals surface area contributed by atoms with E-state index in [1.165, 1.54) is 11.8 Å². The summed E-state index contributed by atoms with van der Waals surface area (Å²) in [6.45, 7) is 4.78. The third kappa shape index (κ3) is 9.58. The molecular weight excluding hydrogens is 386 g/mol. The molecule has 0 bridgehead atoms. The van der Waals surface area contributed by atoms with Gasteiger partial charge in [0, 0.05) is 26.4 Å². The van der Waals surface area contributed by atoms with Gasteiger partial charge in [-0.25, -0.2) is 8.42 Å². The molecule has 0 aromatic heterocycles. The van der Waals surface area contributed by atoms with Gasteiger partial charge in [-0.1, -0.05) is 61.5 Å². The van der Waals surface area contributed by atoms with Crippen LogP contribution in [-0.2, 0) is 33.5 Å². The summed E-state index contributed by atoms with van der Waals surface area (Å²) in [5.41, 5.74) is 3.03. The fourth-order valence-electron chi connectivity index (χ4n) is 2.74. The molecule has 6 nitrogen and oxygen atoms in total. The van der Waals surface area contributed by atoms with Gasteiger partial charge in [-0.3, -0.25) is 4.99 Å². The zero-order valence-electron chi connectivity index (χ0n) is 17.4. The van der Waals surface area contributed by atoms with Crippen molar-refractivity contribution in [2.45, 2.75) is 25.8 Å². The summed E-state index contributed by atoms with van der Waals surface area (Å²) in [6.07, 6.45) is 1.24. The Kier molecular flexibility index (Phi) is 9.15. The van der Waals surface area contributed by atoms with Crippen molar-refractivity contribution in [3.8, 4) is 0 Å². The molecule has 0 saturated heterocycles. The Morgan fingerprint density at radius 3 is 2.28 bits per heavy atom. The second-order valence-electron chi connectivity index (χ2n) is 7.30. The van der Waals surface area contributed by atoms with Gasteiger partial charge in [0.25, 0.3) is 0 Å². The Hall–Kier alpha value is -2.38. The minimum Gasteiger partial charge on any atom is -0.376 e. The molecule has 0 aliphatic rings. The Balaban J connectivity index is 1.69.